The Morgan fingerprint density at radius 3 is 2.71 bits per heavy atom. The van der Waals surface area contributed by atoms with Crippen LogP contribution in [0.15, 0.2) is 88.3 Å². The Labute approximate surface area is 197 Å². The Morgan fingerprint density at radius 2 is 1.88 bits per heavy atom. The first-order valence-corrected chi connectivity index (χ1v) is 11.1. The van der Waals surface area contributed by atoms with Gasteiger partial charge in [0.15, 0.2) is 6.61 Å². The van der Waals surface area contributed by atoms with Crippen molar-refractivity contribution in [3.63, 3.8) is 0 Å². The number of fused-ring (bicyclic) bond motifs is 1. The highest BCUT2D eigenvalue weighted by Crippen LogP contribution is 2.33. The van der Waals surface area contributed by atoms with E-state index in [0.29, 0.717) is 21.9 Å². The van der Waals surface area contributed by atoms with Crippen LogP contribution in [0.5, 0.6) is 5.75 Å². The Balaban J connectivity index is 1.66. The number of aromatic nitrogens is 1. The van der Waals surface area contributed by atoms with E-state index in [2.05, 4.69) is 15.4 Å². The molecule has 4 aromatic rings. The first-order valence-electron chi connectivity index (χ1n) is 10.2. The molecule has 10 heteroatoms. The minimum Gasteiger partial charge on any atom is -0.482 e. The van der Waals surface area contributed by atoms with Crippen molar-refractivity contribution in [1.29, 1.82) is 0 Å². The third-order valence-corrected chi connectivity index (χ3v) is 5.83. The zero-order valence-corrected chi connectivity index (χ0v) is 18.4. The first kappa shape index (κ1) is 21.3. The number of hydrogen-bond acceptors (Lipinski definition) is 7. The van der Waals surface area contributed by atoms with Crippen LogP contribution in [0.4, 0.5) is 17.1 Å². The zero-order valence-electron chi connectivity index (χ0n) is 17.6. The highest BCUT2D eigenvalue weighted by Gasteiger charge is 2.18. The number of carbonyl (C=O) groups is 1. The molecule has 5 rings (SSSR count). The van der Waals surface area contributed by atoms with Crippen LogP contribution in [0.1, 0.15) is 5.56 Å². The van der Waals surface area contributed by atoms with E-state index >= 15 is 0 Å². The van der Waals surface area contributed by atoms with E-state index < -0.39 is 4.92 Å². The average molecular weight is 471 g/mol. The fourth-order valence-corrected chi connectivity index (χ4v) is 4.26. The van der Waals surface area contributed by atoms with Crippen LogP contribution in [0.2, 0.25) is 0 Å². The molecule has 0 spiro atoms. The maximum absolute atomic E-state index is 11.8. The summed E-state index contributed by atoms with van der Waals surface area (Å²) in [6.07, 6.45) is 1.69. The quantitative estimate of drug-likeness (QED) is 0.261. The van der Waals surface area contributed by atoms with Gasteiger partial charge in [0, 0.05) is 17.0 Å². The molecule has 0 aliphatic carbocycles. The molecule has 9 nitrogen and oxygen atoms in total. The van der Waals surface area contributed by atoms with Crippen molar-refractivity contribution < 1.29 is 14.5 Å². The van der Waals surface area contributed by atoms with E-state index in [4.69, 9.17) is 4.74 Å². The summed E-state index contributed by atoms with van der Waals surface area (Å²) >= 11 is 1.30. The molecule has 1 amide bonds. The molecule has 0 radical (unpaired) electrons. The van der Waals surface area contributed by atoms with E-state index in [1.807, 2.05) is 41.8 Å². The number of nitro benzene ring substituents is 1. The number of nitrogens with zero attached hydrogens (tertiary/aromatic N) is 4. The Morgan fingerprint density at radius 1 is 1.09 bits per heavy atom. The molecular weight excluding hydrogens is 454 g/mol. The molecule has 0 saturated carbocycles. The number of carbonyl (C=O) groups excluding carboxylic acids is 1. The van der Waals surface area contributed by atoms with Crippen LogP contribution in [0.25, 0.3) is 11.3 Å². The number of anilines is 1. The largest absolute Gasteiger partial charge is 0.482 e. The number of thiazole rings is 1. The molecule has 3 aromatic carbocycles. The van der Waals surface area contributed by atoms with Gasteiger partial charge in [0.2, 0.25) is 4.80 Å². The third kappa shape index (κ3) is 4.34. The van der Waals surface area contributed by atoms with Crippen LogP contribution in [-0.2, 0) is 4.79 Å². The summed E-state index contributed by atoms with van der Waals surface area (Å²) in [7, 11) is 0. The summed E-state index contributed by atoms with van der Waals surface area (Å²) in [4.78, 5) is 27.8. The molecule has 2 heterocycles. The van der Waals surface area contributed by atoms with Crippen molar-refractivity contribution in [2.24, 2.45) is 10.1 Å². The lowest BCUT2D eigenvalue weighted by atomic mass is 10.1. The van der Waals surface area contributed by atoms with Gasteiger partial charge in [0.25, 0.3) is 11.6 Å². The van der Waals surface area contributed by atoms with Gasteiger partial charge >= 0.3 is 0 Å². The van der Waals surface area contributed by atoms with Crippen LogP contribution >= 0.6 is 11.3 Å². The van der Waals surface area contributed by atoms with E-state index in [-0.39, 0.29) is 23.9 Å². The van der Waals surface area contributed by atoms with Gasteiger partial charge in [-0.3, -0.25) is 14.9 Å². The number of nitrogens with one attached hydrogen (secondary N) is 1. The molecular formula is C24H17N5O4S. The highest BCUT2D eigenvalue weighted by molar-refractivity contribution is 7.07. The van der Waals surface area contributed by atoms with Gasteiger partial charge in [0.1, 0.15) is 11.4 Å². The van der Waals surface area contributed by atoms with Crippen molar-refractivity contribution in [1.82, 2.24) is 4.68 Å². The molecule has 34 heavy (non-hydrogen) atoms. The number of nitro groups is 1. The number of benzene rings is 3. The monoisotopic (exact) mass is 471 g/mol. The molecule has 0 saturated heterocycles. The summed E-state index contributed by atoms with van der Waals surface area (Å²) in [6.45, 7) is -0.0228. The maximum atomic E-state index is 11.8. The van der Waals surface area contributed by atoms with E-state index in [0.717, 1.165) is 11.1 Å². The molecule has 0 fully saturated rings. The number of para-hydroxylation sites is 2. The van der Waals surface area contributed by atoms with Gasteiger partial charge < -0.3 is 10.1 Å². The summed E-state index contributed by atoms with van der Waals surface area (Å²) in [5.41, 5.74) is 3.07. The summed E-state index contributed by atoms with van der Waals surface area (Å²) in [5.74, 6) is 0.361. The van der Waals surface area contributed by atoms with Gasteiger partial charge in [0.05, 0.1) is 22.5 Å². The van der Waals surface area contributed by atoms with Crippen molar-refractivity contribution in [2.75, 3.05) is 11.9 Å². The second-order valence-electron chi connectivity index (χ2n) is 7.28. The lowest BCUT2D eigenvalue weighted by Gasteiger charge is -2.18. The maximum Gasteiger partial charge on any atom is 0.294 e. The molecule has 168 valence electrons. The summed E-state index contributed by atoms with van der Waals surface area (Å²) < 4.78 is 7.08. The smallest absolute Gasteiger partial charge is 0.294 e. The minimum atomic E-state index is -0.461. The molecule has 0 unspecified atom stereocenters. The van der Waals surface area contributed by atoms with Gasteiger partial charge in [-0.15, -0.1) is 11.3 Å². The minimum absolute atomic E-state index is 0.0228. The molecule has 1 N–H and O–H groups in total. The van der Waals surface area contributed by atoms with E-state index in [1.54, 1.807) is 41.2 Å². The molecule has 1 aliphatic heterocycles. The van der Waals surface area contributed by atoms with E-state index in [9.17, 15) is 14.9 Å². The van der Waals surface area contributed by atoms with Crippen molar-refractivity contribution in [3.8, 4) is 17.0 Å². The fraction of sp³-hybridized carbons (Fsp3) is 0.0417. The van der Waals surface area contributed by atoms with Gasteiger partial charge in [-0.25, -0.2) is 9.67 Å². The molecule has 0 atom stereocenters. The summed E-state index contributed by atoms with van der Waals surface area (Å²) in [6, 6.07) is 21.3. The van der Waals surface area contributed by atoms with Crippen LogP contribution in [-0.4, -0.2) is 28.3 Å². The predicted molar refractivity (Wildman–Crippen MR) is 130 cm³/mol. The second kappa shape index (κ2) is 9.12. The Bertz CT molecular complexity index is 1490. The first-order chi connectivity index (χ1) is 16.6. The fourth-order valence-electron chi connectivity index (χ4n) is 3.41. The van der Waals surface area contributed by atoms with Gasteiger partial charge in [-0.1, -0.05) is 42.5 Å². The topological polar surface area (TPSA) is 111 Å². The zero-order chi connectivity index (χ0) is 23.5. The summed E-state index contributed by atoms with van der Waals surface area (Å²) in [5, 5.41) is 20.8. The Kier molecular flexibility index (Phi) is 5.71. The number of amides is 1. The standard InChI is InChI=1S/C24H17N5O4S/c30-23-14-33-22-11-10-17(12-19(22)26-23)21-15-34-24(27-18-8-4-5-9-20(18)29(31)32)28(21)25-13-16-6-2-1-3-7-16/h1-13,15H,14H2,(H,26,30). The number of ether oxygens (including phenoxy) is 1. The van der Waals surface area contributed by atoms with Crippen LogP contribution in [0, 0.1) is 10.1 Å². The predicted octanol–water partition coefficient (Wildman–Crippen LogP) is 4.57. The van der Waals surface area contributed by atoms with Crippen molar-refractivity contribution in [2.45, 2.75) is 0 Å². The van der Waals surface area contributed by atoms with E-state index in [1.165, 1.54) is 17.4 Å². The lowest BCUT2D eigenvalue weighted by Crippen LogP contribution is -2.25. The molecule has 1 aliphatic rings. The normalized spacial score (nSPS) is 13.4. The van der Waals surface area contributed by atoms with Crippen molar-refractivity contribution in [3.05, 3.63) is 98.7 Å². The highest BCUT2D eigenvalue weighted by atomic mass is 32.1. The SMILES string of the molecule is O=C1COc2ccc(-c3csc(=Nc4ccccc4[N+](=O)[O-])n3N=Cc3ccccc3)cc2N1. The second-order valence-corrected chi connectivity index (χ2v) is 8.11. The van der Waals surface area contributed by atoms with Gasteiger partial charge in [-0.2, -0.15) is 5.10 Å². The average Bonchev–Trinajstić information content (AvgIpc) is 3.25. The lowest BCUT2D eigenvalue weighted by molar-refractivity contribution is -0.384. The van der Waals surface area contributed by atoms with Crippen LogP contribution in [0.3, 0.4) is 0 Å². The molecule has 1 aromatic heterocycles. The van der Waals surface area contributed by atoms with Gasteiger partial charge in [-0.05, 0) is 29.8 Å². The Hall–Kier alpha value is -4.57. The van der Waals surface area contributed by atoms with Crippen molar-refractivity contribution >= 4 is 40.5 Å². The number of hydrogen-bond donors (Lipinski definition) is 1. The third-order valence-electron chi connectivity index (χ3n) is 5.01. The molecule has 0 bridgehead atoms. The van der Waals surface area contributed by atoms with Crippen LogP contribution < -0.4 is 14.9 Å². The number of rotatable bonds is 5.